The molecule has 1 saturated heterocycles. The summed E-state index contributed by atoms with van der Waals surface area (Å²) in [5.74, 6) is -0.404. The molecule has 6 nitrogen and oxygen atoms in total. The van der Waals surface area contributed by atoms with Crippen LogP contribution in [0.15, 0.2) is 23.6 Å². The Labute approximate surface area is 142 Å². The number of ether oxygens (including phenoxy) is 1. The van der Waals surface area contributed by atoms with E-state index in [2.05, 4.69) is 15.2 Å². The highest BCUT2D eigenvalue weighted by molar-refractivity contribution is 7.09. The second kappa shape index (κ2) is 7.27. The van der Waals surface area contributed by atoms with Crippen LogP contribution in [0, 0.1) is 0 Å². The van der Waals surface area contributed by atoms with Crippen LogP contribution in [0.3, 0.4) is 0 Å². The number of aromatic hydroxyl groups is 1. The lowest BCUT2D eigenvalue weighted by Crippen LogP contribution is -2.35. The maximum Gasteiger partial charge on any atom is 0.275 e. The molecule has 1 aromatic heterocycles. The molecule has 0 bridgehead atoms. The monoisotopic (exact) mass is 353 g/mol. The van der Waals surface area contributed by atoms with Gasteiger partial charge in [0, 0.05) is 23.5 Å². The molecule has 3 rings (SSSR count). The Hall–Kier alpha value is -1.67. The summed E-state index contributed by atoms with van der Waals surface area (Å²) in [5.41, 5.74) is 0.600. The lowest BCUT2D eigenvalue weighted by molar-refractivity contribution is 0.0341. The average Bonchev–Trinajstić information content (AvgIpc) is 3.00. The standard InChI is InChI=1S/C15H16ClN3O3S/c16-10-1-2-13(20)11(7-10)18-15(21)12-9-23-14(17-12)8-19-3-5-22-6-4-19/h1-2,7,9,20H,3-6,8H2,(H,18,21). The van der Waals surface area contributed by atoms with E-state index < -0.39 is 0 Å². The molecule has 0 spiro atoms. The van der Waals surface area contributed by atoms with Gasteiger partial charge >= 0.3 is 0 Å². The van der Waals surface area contributed by atoms with E-state index in [0.717, 1.165) is 31.3 Å². The van der Waals surface area contributed by atoms with Crippen molar-refractivity contribution in [3.63, 3.8) is 0 Å². The van der Waals surface area contributed by atoms with Crippen molar-refractivity contribution in [2.24, 2.45) is 0 Å². The zero-order valence-corrected chi connectivity index (χ0v) is 13.9. The van der Waals surface area contributed by atoms with Crippen LogP contribution in [0.5, 0.6) is 5.75 Å². The Kier molecular flexibility index (Phi) is 5.12. The van der Waals surface area contributed by atoms with Gasteiger partial charge in [-0.15, -0.1) is 11.3 Å². The summed E-state index contributed by atoms with van der Waals surface area (Å²) in [6.07, 6.45) is 0. The molecule has 8 heteroatoms. The zero-order valence-electron chi connectivity index (χ0n) is 12.3. The Balaban J connectivity index is 1.65. The van der Waals surface area contributed by atoms with Gasteiger partial charge in [0.05, 0.1) is 25.4 Å². The molecule has 0 radical (unpaired) electrons. The molecular formula is C15H16ClN3O3S. The van der Waals surface area contributed by atoms with Crippen molar-refractivity contribution < 1.29 is 14.6 Å². The predicted octanol–water partition coefficient (Wildman–Crippen LogP) is 2.59. The molecule has 0 aliphatic carbocycles. The molecule has 1 aliphatic rings. The fourth-order valence-electron chi connectivity index (χ4n) is 2.23. The Bertz CT molecular complexity index is 701. The third-order valence-electron chi connectivity index (χ3n) is 3.45. The smallest absolute Gasteiger partial charge is 0.275 e. The normalized spacial score (nSPS) is 15.5. The molecule has 122 valence electrons. The van der Waals surface area contributed by atoms with E-state index in [1.807, 2.05) is 0 Å². The lowest BCUT2D eigenvalue weighted by atomic mass is 10.3. The highest BCUT2D eigenvalue weighted by Gasteiger charge is 2.16. The quantitative estimate of drug-likeness (QED) is 0.826. The van der Waals surface area contributed by atoms with Gasteiger partial charge in [-0.2, -0.15) is 0 Å². The van der Waals surface area contributed by atoms with Crippen molar-refractivity contribution in [1.29, 1.82) is 0 Å². The Morgan fingerprint density at radius 1 is 1.43 bits per heavy atom. The molecule has 1 amide bonds. The number of hydrogen-bond donors (Lipinski definition) is 2. The van der Waals surface area contributed by atoms with Crippen molar-refractivity contribution in [3.05, 3.63) is 39.3 Å². The summed E-state index contributed by atoms with van der Waals surface area (Å²) in [4.78, 5) is 18.8. The van der Waals surface area contributed by atoms with Gasteiger partial charge in [0.2, 0.25) is 0 Å². The fraction of sp³-hybridized carbons (Fsp3) is 0.333. The summed E-state index contributed by atoms with van der Waals surface area (Å²) >= 11 is 7.31. The Morgan fingerprint density at radius 3 is 3.00 bits per heavy atom. The number of halogens is 1. The maximum atomic E-state index is 12.2. The van der Waals surface area contributed by atoms with Crippen LogP contribution in [-0.2, 0) is 11.3 Å². The van der Waals surface area contributed by atoms with Crippen LogP contribution < -0.4 is 5.32 Å². The highest BCUT2D eigenvalue weighted by atomic mass is 35.5. The van der Waals surface area contributed by atoms with Gasteiger partial charge < -0.3 is 15.2 Å². The number of hydrogen-bond acceptors (Lipinski definition) is 6. The van der Waals surface area contributed by atoms with Crippen LogP contribution in [0.4, 0.5) is 5.69 Å². The molecule has 1 fully saturated rings. The number of amides is 1. The van der Waals surface area contributed by atoms with Crippen molar-refractivity contribution in [1.82, 2.24) is 9.88 Å². The molecule has 0 unspecified atom stereocenters. The van der Waals surface area contributed by atoms with Crippen LogP contribution in [-0.4, -0.2) is 47.2 Å². The maximum absolute atomic E-state index is 12.2. The molecule has 1 aromatic carbocycles. The first-order chi connectivity index (χ1) is 11.1. The molecule has 2 aromatic rings. The number of nitrogens with zero attached hydrogens (tertiary/aromatic N) is 2. The van der Waals surface area contributed by atoms with Gasteiger partial charge in [-0.05, 0) is 18.2 Å². The van der Waals surface area contributed by atoms with Gasteiger partial charge in [0.1, 0.15) is 16.5 Å². The third-order valence-corrected chi connectivity index (χ3v) is 4.52. The van der Waals surface area contributed by atoms with Gasteiger partial charge in [0.15, 0.2) is 0 Å². The number of rotatable bonds is 4. The van der Waals surface area contributed by atoms with Crippen molar-refractivity contribution in [2.45, 2.75) is 6.54 Å². The highest BCUT2D eigenvalue weighted by Crippen LogP contribution is 2.27. The van der Waals surface area contributed by atoms with E-state index in [0.29, 0.717) is 17.3 Å². The average molecular weight is 354 g/mol. The first-order valence-electron chi connectivity index (χ1n) is 7.16. The van der Waals surface area contributed by atoms with Crippen molar-refractivity contribution in [2.75, 3.05) is 31.6 Å². The second-order valence-electron chi connectivity index (χ2n) is 5.13. The molecular weight excluding hydrogens is 338 g/mol. The van der Waals surface area contributed by atoms with Crippen LogP contribution in [0.25, 0.3) is 0 Å². The number of anilines is 1. The number of carbonyl (C=O) groups is 1. The molecule has 1 aliphatic heterocycles. The minimum absolute atomic E-state index is 0.0356. The minimum atomic E-state index is -0.368. The number of aromatic nitrogens is 1. The van der Waals surface area contributed by atoms with Gasteiger partial charge in [-0.1, -0.05) is 11.6 Å². The predicted molar refractivity (Wildman–Crippen MR) is 89.3 cm³/mol. The first kappa shape index (κ1) is 16.2. The number of carbonyl (C=O) groups excluding carboxylic acids is 1. The molecule has 0 atom stereocenters. The van der Waals surface area contributed by atoms with Gasteiger partial charge in [-0.25, -0.2) is 4.98 Å². The molecule has 2 N–H and O–H groups in total. The number of thiazole rings is 1. The summed E-state index contributed by atoms with van der Waals surface area (Å²) < 4.78 is 5.31. The van der Waals surface area contributed by atoms with E-state index in [9.17, 15) is 9.90 Å². The zero-order chi connectivity index (χ0) is 16.2. The van der Waals surface area contributed by atoms with Crippen LogP contribution >= 0.6 is 22.9 Å². The number of phenolic OH excluding ortho intramolecular Hbond substituents is 1. The summed E-state index contributed by atoms with van der Waals surface area (Å²) in [6, 6.07) is 4.48. The number of morpholine rings is 1. The molecule has 0 saturated carbocycles. The van der Waals surface area contributed by atoms with Gasteiger partial charge in [-0.3, -0.25) is 9.69 Å². The van der Waals surface area contributed by atoms with Crippen LogP contribution in [0.2, 0.25) is 5.02 Å². The van der Waals surface area contributed by atoms with E-state index in [1.54, 1.807) is 11.4 Å². The molecule has 2 heterocycles. The van der Waals surface area contributed by atoms with Gasteiger partial charge in [0.25, 0.3) is 5.91 Å². The Morgan fingerprint density at radius 2 is 2.22 bits per heavy atom. The van der Waals surface area contributed by atoms with E-state index in [4.69, 9.17) is 16.3 Å². The van der Waals surface area contributed by atoms with Crippen molar-refractivity contribution >= 4 is 34.5 Å². The van der Waals surface area contributed by atoms with E-state index in [-0.39, 0.29) is 17.3 Å². The number of nitrogens with one attached hydrogen (secondary N) is 1. The third kappa shape index (κ3) is 4.20. The first-order valence-corrected chi connectivity index (χ1v) is 8.42. The fourth-order valence-corrected chi connectivity index (χ4v) is 3.22. The van der Waals surface area contributed by atoms with Crippen LogP contribution in [0.1, 0.15) is 15.5 Å². The summed E-state index contributed by atoms with van der Waals surface area (Å²) in [7, 11) is 0. The summed E-state index contributed by atoms with van der Waals surface area (Å²) in [6.45, 7) is 3.91. The lowest BCUT2D eigenvalue weighted by Gasteiger charge is -2.25. The van der Waals surface area contributed by atoms with E-state index in [1.165, 1.54) is 23.5 Å². The summed E-state index contributed by atoms with van der Waals surface area (Å²) in [5, 5.41) is 15.4. The number of benzene rings is 1. The SMILES string of the molecule is O=C(Nc1cc(Cl)ccc1O)c1csc(CN2CCOCC2)n1. The number of phenols is 1. The largest absolute Gasteiger partial charge is 0.506 e. The molecule has 23 heavy (non-hydrogen) atoms. The topological polar surface area (TPSA) is 74.7 Å². The second-order valence-corrected chi connectivity index (χ2v) is 6.51. The van der Waals surface area contributed by atoms with Crippen molar-refractivity contribution in [3.8, 4) is 5.75 Å². The minimum Gasteiger partial charge on any atom is -0.506 e. The van der Waals surface area contributed by atoms with E-state index >= 15 is 0 Å².